The molecular weight excluding hydrogens is 172 g/mol. The van der Waals surface area contributed by atoms with Gasteiger partial charge in [-0.1, -0.05) is 5.21 Å². The Bertz CT molecular complexity index is 331. The standard InChI is InChI=1S/C7H10N4O2/c1-5(12)6-3-11(10-9-6)4-7(13)8-2/h3H,4H2,1-2H3,(H,8,13). The molecule has 0 radical (unpaired) electrons. The molecule has 0 saturated heterocycles. The largest absolute Gasteiger partial charge is 0.358 e. The van der Waals surface area contributed by atoms with Crippen LogP contribution in [0.15, 0.2) is 6.20 Å². The van der Waals surface area contributed by atoms with Gasteiger partial charge in [0.2, 0.25) is 5.91 Å². The summed E-state index contributed by atoms with van der Waals surface area (Å²) in [5.41, 5.74) is 0.268. The minimum absolute atomic E-state index is 0.0801. The second-order valence-electron chi connectivity index (χ2n) is 2.53. The molecule has 0 saturated carbocycles. The van der Waals surface area contributed by atoms with Crippen molar-refractivity contribution < 1.29 is 9.59 Å². The summed E-state index contributed by atoms with van der Waals surface area (Å²) in [6.07, 6.45) is 1.44. The maximum atomic E-state index is 10.9. The number of ketones is 1. The van der Waals surface area contributed by atoms with Gasteiger partial charge in [0.25, 0.3) is 0 Å². The summed E-state index contributed by atoms with van der Waals surface area (Å²) in [6, 6.07) is 0. The number of carbonyl (C=O) groups excluding carboxylic acids is 2. The highest BCUT2D eigenvalue weighted by Gasteiger charge is 2.06. The molecule has 1 aromatic heterocycles. The van der Waals surface area contributed by atoms with Crippen LogP contribution in [0.4, 0.5) is 0 Å². The maximum absolute atomic E-state index is 10.9. The third-order valence-corrected chi connectivity index (χ3v) is 1.48. The monoisotopic (exact) mass is 182 g/mol. The molecule has 6 nitrogen and oxygen atoms in total. The zero-order valence-electron chi connectivity index (χ0n) is 7.44. The van der Waals surface area contributed by atoms with E-state index in [1.54, 1.807) is 0 Å². The van der Waals surface area contributed by atoms with Crippen LogP contribution < -0.4 is 5.32 Å². The van der Waals surface area contributed by atoms with Gasteiger partial charge in [-0.15, -0.1) is 5.10 Å². The Hall–Kier alpha value is -1.72. The number of nitrogens with one attached hydrogen (secondary N) is 1. The van der Waals surface area contributed by atoms with Crippen LogP contribution in [0.5, 0.6) is 0 Å². The fourth-order valence-electron chi connectivity index (χ4n) is 0.763. The zero-order valence-corrected chi connectivity index (χ0v) is 7.44. The number of rotatable bonds is 3. The predicted octanol–water partition coefficient (Wildman–Crippen LogP) is -0.773. The number of hydrogen-bond acceptors (Lipinski definition) is 4. The van der Waals surface area contributed by atoms with Gasteiger partial charge in [0, 0.05) is 14.0 Å². The molecule has 1 rings (SSSR count). The predicted molar refractivity (Wildman–Crippen MR) is 44.1 cm³/mol. The van der Waals surface area contributed by atoms with Gasteiger partial charge in [-0.2, -0.15) is 0 Å². The van der Waals surface area contributed by atoms with Crippen molar-refractivity contribution in [1.29, 1.82) is 0 Å². The summed E-state index contributed by atoms with van der Waals surface area (Å²) in [5, 5.41) is 9.64. The maximum Gasteiger partial charge on any atom is 0.241 e. The van der Waals surface area contributed by atoms with Crippen LogP contribution >= 0.6 is 0 Å². The Morgan fingerprint density at radius 2 is 2.31 bits per heavy atom. The Morgan fingerprint density at radius 1 is 1.62 bits per heavy atom. The van der Waals surface area contributed by atoms with Gasteiger partial charge in [0.05, 0.1) is 6.20 Å². The van der Waals surface area contributed by atoms with Crippen LogP contribution in [-0.2, 0) is 11.3 Å². The minimum atomic E-state index is -0.181. The van der Waals surface area contributed by atoms with Gasteiger partial charge in [-0.3, -0.25) is 9.59 Å². The molecule has 1 N–H and O–H groups in total. The van der Waals surface area contributed by atoms with Crippen LogP contribution in [0.25, 0.3) is 0 Å². The molecule has 0 bridgehead atoms. The number of Topliss-reactive ketones (excluding diaryl/α,β-unsaturated/α-hetero) is 1. The first kappa shape index (κ1) is 9.37. The van der Waals surface area contributed by atoms with Crippen molar-refractivity contribution >= 4 is 11.7 Å². The molecule has 1 amide bonds. The number of amides is 1. The average molecular weight is 182 g/mol. The summed E-state index contributed by atoms with van der Waals surface area (Å²) in [4.78, 5) is 21.7. The second kappa shape index (κ2) is 3.79. The SMILES string of the molecule is CNC(=O)Cn1cc(C(C)=O)nn1. The van der Waals surface area contributed by atoms with Crippen molar-refractivity contribution in [3.05, 3.63) is 11.9 Å². The molecule has 6 heteroatoms. The third kappa shape index (κ3) is 2.36. The second-order valence-corrected chi connectivity index (χ2v) is 2.53. The van der Waals surface area contributed by atoms with Crippen molar-refractivity contribution in [3.63, 3.8) is 0 Å². The highest BCUT2D eigenvalue weighted by Crippen LogP contribution is 1.93. The van der Waals surface area contributed by atoms with Crippen LogP contribution in [0.2, 0.25) is 0 Å². The van der Waals surface area contributed by atoms with Crippen molar-refractivity contribution in [1.82, 2.24) is 20.3 Å². The molecule has 1 aromatic rings. The van der Waals surface area contributed by atoms with Crippen LogP contribution in [-0.4, -0.2) is 33.7 Å². The number of carbonyl (C=O) groups is 2. The Kier molecular flexibility index (Phi) is 2.73. The Morgan fingerprint density at radius 3 is 2.77 bits per heavy atom. The first-order valence-electron chi connectivity index (χ1n) is 3.75. The molecule has 0 unspecified atom stereocenters. The van der Waals surface area contributed by atoms with E-state index in [0.29, 0.717) is 0 Å². The summed E-state index contributed by atoms with van der Waals surface area (Å²) in [7, 11) is 1.53. The number of aromatic nitrogens is 3. The van der Waals surface area contributed by atoms with E-state index in [1.165, 1.54) is 24.9 Å². The van der Waals surface area contributed by atoms with Gasteiger partial charge in [-0.25, -0.2) is 4.68 Å². The van der Waals surface area contributed by atoms with Gasteiger partial charge in [0.15, 0.2) is 5.78 Å². The molecule has 0 fully saturated rings. The van der Waals surface area contributed by atoms with Crippen LogP contribution in [0.1, 0.15) is 17.4 Å². The van der Waals surface area contributed by atoms with E-state index in [-0.39, 0.29) is 23.9 Å². The van der Waals surface area contributed by atoms with Crippen molar-refractivity contribution in [2.75, 3.05) is 7.05 Å². The van der Waals surface area contributed by atoms with Crippen molar-refractivity contribution in [3.8, 4) is 0 Å². The normalized spacial score (nSPS) is 9.69. The molecule has 0 aromatic carbocycles. The highest BCUT2D eigenvalue weighted by molar-refractivity contribution is 5.91. The Labute approximate surface area is 74.9 Å². The van der Waals surface area contributed by atoms with E-state index in [2.05, 4.69) is 15.6 Å². The van der Waals surface area contributed by atoms with Gasteiger partial charge in [0.1, 0.15) is 12.2 Å². The lowest BCUT2D eigenvalue weighted by molar-refractivity contribution is -0.121. The number of likely N-dealkylation sites (N-methyl/N-ethyl adjacent to an activating group) is 1. The lowest BCUT2D eigenvalue weighted by atomic mass is 10.3. The summed E-state index contributed by atoms with van der Waals surface area (Å²) in [5.74, 6) is -0.344. The molecular formula is C7H10N4O2. The molecule has 0 spiro atoms. The number of nitrogens with zero attached hydrogens (tertiary/aromatic N) is 3. The van der Waals surface area contributed by atoms with E-state index < -0.39 is 0 Å². The first-order chi connectivity index (χ1) is 6.13. The lowest BCUT2D eigenvalue weighted by Crippen LogP contribution is -2.23. The molecule has 0 aliphatic heterocycles. The summed E-state index contributed by atoms with van der Waals surface area (Å²) in [6.45, 7) is 1.48. The first-order valence-corrected chi connectivity index (χ1v) is 3.75. The number of hydrogen-bond donors (Lipinski definition) is 1. The van der Waals surface area contributed by atoms with E-state index in [1.807, 2.05) is 0 Å². The molecule has 1 heterocycles. The topological polar surface area (TPSA) is 76.9 Å². The fraction of sp³-hybridized carbons (Fsp3) is 0.429. The average Bonchev–Trinajstić information content (AvgIpc) is 2.52. The van der Waals surface area contributed by atoms with Crippen LogP contribution in [0, 0.1) is 0 Å². The van der Waals surface area contributed by atoms with Crippen molar-refractivity contribution in [2.24, 2.45) is 0 Å². The van der Waals surface area contributed by atoms with Gasteiger partial charge >= 0.3 is 0 Å². The Balaban J connectivity index is 2.69. The van der Waals surface area contributed by atoms with Crippen LogP contribution in [0.3, 0.4) is 0 Å². The van der Waals surface area contributed by atoms with E-state index in [0.717, 1.165) is 0 Å². The summed E-state index contributed by atoms with van der Waals surface area (Å²) >= 11 is 0. The van der Waals surface area contributed by atoms with Gasteiger partial charge in [-0.05, 0) is 0 Å². The third-order valence-electron chi connectivity index (χ3n) is 1.48. The fourth-order valence-corrected chi connectivity index (χ4v) is 0.763. The molecule has 70 valence electrons. The summed E-state index contributed by atoms with van der Waals surface area (Å²) < 4.78 is 1.32. The molecule has 0 aliphatic carbocycles. The smallest absolute Gasteiger partial charge is 0.241 e. The molecule has 13 heavy (non-hydrogen) atoms. The highest BCUT2D eigenvalue weighted by atomic mass is 16.2. The molecule has 0 aliphatic rings. The zero-order chi connectivity index (χ0) is 9.84. The van der Waals surface area contributed by atoms with E-state index >= 15 is 0 Å². The minimum Gasteiger partial charge on any atom is -0.358 e. The lowest BCUT2D eigenvalue weighted by Gasteiger charge is -1.96. The van der Waals surface area contributed by atoms with E-state index in [9.17, 15) is 9.59 Å². The quantitative estimate of drug-likeness (QED) is 0.622. The van der Waals surface area contributed by atoms with E-state index in [4.69, 9.17) is 0 Å². The van der Waals surface area contributed by atoms with Gasteiger partial charge < -0.3 is 5.32 Å². The molecule has 0 atom stereocenters. The van der Waals surface area contributed by atoms with Crippen molar-refractivity contribution in [2.45, 2.75) is 13.5 Å².